The Kier molecular flexibility index (Phi) is 9.90. The molecule has 1 N–H and O–H groups in total. The van der Waals surface area contributed by atoms with Crippen LogP contribution < -0.4 is 9.47 Å². The van der Waals surface area contributed by atoms with Crippen LogP contribution in [0.4, 0.5) is 0 Å². The van der Waals surface area contributed by atoms with Crippen molar-refractivity contribution in [1.29, 1.82) is 0 Å². The summed E-state index contributed by atoms with van der Waals surface area (Å²) < 4.78 is 19.0. The summed E-state index contributed by atoms with van der Waals surface area (Å²) in [6, 6.07) is 17.7. The Morgan fingerprint density at radius 3 is 2.43 bits per heavy atom. The molecule has 0 fully saturated rings. The van der Waals surface area contributed by atoms with E-state index in [1.165, 1.54) is 0 Å². The van der Waals surface area contributed by atoms with Crippen LogP contribution in [0.25, 0.3) is 5.69 Å². The van der Waals surface area contributed by atoms with Gasteiger partial charge in [0.25, 0.3) is 0 Å². The van der Waals surface area contributed by atoms with Gasteiger partial charge in [0.15, 0.2) is 0 Å². The van der Waals surface area contributed by atoms with E-state index in [9.17, 15) is 5.11 Å². The summed E-state index contributed by atoms with van der Waals surface area (Å²) in [7, 11) is 1.64. The zero-order chi connectivity index (χ0) is 25.2. The predicted molar refractivity (Wildman–Crippen MR) is 139 cm³/mol. The first-order chi connectivity index (χ1) is 17.0. The third kappa shape index (κ3) is 7.18. The summed E-state index contributed by atoms with van der Waals surface area (Å²) >= 11 is 0. The fourth-order valence-electron chi connectivity index (χ4n) is 3.80. The molecule has 35 heavy (non-hydrogen) atoms. The van der Waals surface area contributed by atoms with Crippen LogP contribution >= 0.6 is 0 Å². The van der Waals surface area contributed by atoms with E-state index in [4.69, 9.17) is 19.3 Å². The van der Waals surface area contributed by atoms with Gasteiger partial charge in [-0.1, -0.05) is 31.2 Å². The third-order valence-electron chi connectivity index (χ3n) is 5.98. The average molecular weight is 480 g/mol. The second-order valence-electron chi connectivity index (χ2n) is 8.56. The summed E-state index contributed by atoms with van der Waals surface area (Å²) in [4.78, 5) is 2.25. The molecule has 0 radical (unpaired) electrons. The number of rotatable bonds is 14. The maximum absolute atomic E-state index is 10.6. The van der Waals surface area contributed by atoms with E-state index in [0.717, 1.165) is 29.1 Å². The Morgan fingerprint density at radius 2 is 1.80 bits per heavy atom. The van der Waals surface area contributed by atoms with E-state index in [1.54, 1.807) is 13.2 Å². The molecular weight excluding hydrogens is 442 g/mol. The summed E-state index contributed by atoms with van der Waals surface area (Å²) in [6.45, 7) is 11.7. The fourth-order valence-corrected chi connectivity index (χ4v) is 3.80. The number of hydrogen-bond donors (Lipinski definition) is 1. The van der Waals surface area contributed by atoms with Gasteiger partial charge in [0.2, 0.25) is 5.88 Å². The van der Waals surface area contributed by atoms with Crippen LogP contribution in [0.5, 0.6) is 17.4 Å². The van der Waals surface area contributed by atoms with Crippen molar-refractivity contribution in [3.63, 3.8) is 0 Å². The quantitative estimate of drug-likeness (QED) is 0.255. The predicted octanol–water partition coefficient (Wildman–Crippen LogP) is 5.15. The zero-order valence-corrected chi connectivity index (χ0v) is 21.2. The van der Waals surface area contributed by atoms with Gasteiger partial charge in [-0.3, -0.25) is 4.90 Å². The number of hydrogen-bond acceptors (Lipinski definition) is 6. The lowest BCUT2D eigenvalue weighted by molar-refractivity contribution is 0.0155. The minimum absolute atomic E-state index is 0.248. The molecule has 7 nitrogen and oxygen atoms in total. The Labute approximate surface area is 208 Å². The van der Waals surface area contributed by atoms with Gasteiger partial charge in [0, 0.05) is 19.1 Å². The number of ether oxygens (including phenoxy) is 3. The molecule has 188 valence electrons. The van der Waals surface area contributed by atoms with Crippen molar-refractivity contribution in [1.82, 2.24) is 14.7 Å². The van der Waals surface area contributed by atoms with Crippen molar-refractivity contribution in [3.05, 3.63) is 78.5 Å². The van der Waals surface area contributed by atoms with Crippen molar-refractivity contribution in [2.24, 2.45) is 0 Å². The first kappa shape index (κ1) is 26.5. The summed E-state index contributed by atoms with van der Waals surface area (Å²) in [6.07, 6.45) is 2.02. The van der Waals surface area contributed by atoms with Crippen LogP contribution in [0.2, 0.25) is 0 Å². The third-order valence-corrected chi connectivity index (χ3v) is 5.98. The van der Waals surface area contributed by atoms with Crippen molar-refractivity contribution in [2.75, 3.05) is 26.9 Å². The molecule has 0 amide bonds. The van der Waals surface area contributed by atoms with Crippen LogP contribution in [-0.2, 0) is 11.3 Å². The molecule has 0 aliphatic heterocycles. The highest BCUT2D eigenvalue weighted by Crippen LogP contribution is 2.33. The first-order valence-corrected chi connectivity index (χ1v) is 12.0. The Balaban J connectivity index is 1.95. The highest BCUT2D eigenvalue weighted by atomic mass is 16.5. The molecule has 0 spiro atoms. The van der Waals surface area contributed by atoms with E-state index < -0.39 is 6.10 Å². The van der Waals surface area contributed by atoms with Crippen molar-refractivity contribution < 1.29 is 19.3 Å². The highest BCUT2D eigenvalue weighted by molar-refractivity contribution is 5.44. The number of para-hydroxylation sites is 1. The molecule has 7 heteroatoms. The number of methoxy groups -OCH3 is 1. The topological polar surface area (TPSA) is 69.0 Å². The fraction of sp³-hybridized carbons (Fsp3) is 0.393. The molecule has 0 aliphatic rings. The van der Waals surface area contributed by atoms with Crippen LogP contribution in [0.3, 0.4) is 0 Å². The van der Waals surface area contributed by atoms with Crippen molar-refractivity contribution in [2.45, 2.75) is 45.9 Å². The van der Waals surface area contributed by atoms with Crippen molar-refractivity contribution >= 4 is 0 Å². The smallest absolute Gasteiger partial charge is 0.227 e. The molecule has 0 unspecified atom stereocenters. The van der Waals surface area contributed by atoms with E-state index in [-0.39, 0.29) is 12.6 Å². The maximum Gasteiger partial charge on any atom is 0.227 e. The molecule has 0 saturated heterocycles. The van der Waals surface area contributed by atoms with E-state index in [2.05, 4.69) is 25.3 Å². The Hall–Kier alpha value is -3.13. The molecule has 1 aromatic heterocycles. The van der Waals surface area contributed by atoms with Crippen LogP contribution in [0.15, 0.2) is 67.3 Å². The second kappa shape index (κ2) is 13.1. The number of aliphatic hydroxyl groups is 1. The minimum Gasteiger partial charge on any atom is -0.497 e. The standard InChI is InChI=1S/C28H37N3O4/c1-6-17-34-20-24(32)18-30(21(3)7-2)19-27-22(4)29-31(23-11-9-8-10-12-23)28(27)35-26-15-13-25(33-5)14-16-26/h6,8-16,21,24,32H,1,7,17-20H2,2-5H3/t21-,24+/m1/s1. The Morgan fingerprint density at radius 1 is 1.11 bits per heavy atom. The summed E-state index contributed by atoms with van der Waals surface area (Å²) in [5.74, 6) is 2.11. The summed E-state index contributed by atoms with van der Waals surface area (Å²) in [5, 5.41) is 15.4. The molecule has 2 atom stereocenters. The van der Waals surface area contributed by atoms with Crippen molar-refractivity contribution in [3.8, 4) is 23.1 Å². The molecule has 1 heterocycles. The average Bonchev–Trinajstić information content (AvgIpc) is 3.18. The van der Waals surface area contributed by atoms with Crippen LogP contribution in [0, 0.1) is 6.92 Å². The van der Waals surface area contributed by atoms with Gasteiger partial charge in [0.1, 0.15) is 11.5 Å². The zero-order valence-electron chi connectivity index (χ0n) is 21.2. The number of benzene rings is 2. The van der Waals surface area contributed by atoms with Gasteiger partial charge in [-0.15, -0.1) is 6.58 Å². The summed E-state index contributed by atoms with van der Waals surface area (Å²) in [5.41, 5.74) is 2.77. The number of aromatic nitrogens is 2. The molecular formula is C28H37N3O4. The SMILES string of the molecule is C=CCOC[C@@H](O)CN(Cc1c(C)nn(-c2ccccc2)c1Oc1ccc(OC)cc1)[C@H](C)CC. The van der Waals surface area contributed by atoms with Gasteiger partial charge < -0.3 is 19.3 Å². The highest BCUT2D eigenvalue weighted by Gasteiger charge is 2.24. The maximum atomic E-state index is 10.6. The van der Waals surface area contributed by atoms with Gasteiger partial charge in [-0.2, -0.15) is 5.10 Å². The number of aliphatic hydroxyl groups excluding tert-OH is 1. The van der Waals surface area contributed by atoms with Gasteiger partial charge >= 0.3 is 0 Å². The van der Waals surface area contributed by atoms with Gasteiger partial charge in [0.05, 0.1) is 43.4 Å². The lowest BCUT2D eigenvalue weighted by Gasteiger charge is -2.30. The van der Waals surface area contributed by atoms with Crippen LogP contribution in [-0.4, -0.2) is 58.8 Å². The Bertz CT molecular complexity index is 1050. The second-order valence-corrected chi connectivity index (χ2v) is 8.56. The number of nitrogens with zero attached hydrogens (tertiary/aromatic N) is 3. The monoisotopic (exact) mass is 479 g/mol. The largest absolute Gasteiger partial charge is 0.497 e. The molecule has 3 aromatic rings. The van der Waals surface area contributed by atoms with Gasteiger partial charge in [-0.25, -0.2) is 4.68 Å². The molecule has 0 aliphatic carbocycles. The molecule has 2 aromatic carbocycles. The normalized spacial score (nSPS) is 13.0. The van der Waals surface area contributed by atoms with Crippen LogP contribution in [0.1, 0.15) is 31.5 Å². The molecule has 3 rings (SSSR count). The molecule has 0 bridgehead atoms. The number of aryl methyl sites for hydroxylation is 1. The lowest BCUT2D eigenvalue weighted by Crippen LogP contribution is -2.40. The van der Waals surface area contributed by atoms with E-state index in [1.807, 2.05) is 66.2 Å². The minimum atomic E-state index is -0.612. The van der Waals surface area contributed by atoms with Gasteiger partial charge in [-0.05, 0) is 56.7 Å². The van der Waals surface area contributed by atoms with E-state index in [0.29, 0.717) is 31.3 Å². The lowest BCUT2D eigenvalue weighted by atomic mass is 10.1. The molecule has 0 saturated carbocycles. The first-order valence-electron chi connectivity index (χ1n) is 12.0. The van der Waals surface area contributed by atoms with E-state index >= 15 is 0 Å².